The number of rotatable bonds is 7. The van der Waals surface area contributed by atoms with Gasteiger partial charge in [-0.1, -0.05) is 59.8 Å². The lowest BCUT2D eigenvalue weighted by molar-refractivity contribution is -0.123. The first-order chi connectivity index (χ1) is 15.3. The summed E-state index contributed by atoms with van der Waals surface area (Å²) in [5.41, 5.74) is 1.82. The molecule has 2 amide bonds. The number of nitrogens with one attached hydrogen (secondary N) is 1. The molecule has 0 bridgehead atoms. The largest absolute Gasteiger partial charge is 0.350 e. The van der Waals surface area contributed by atoms with Crippen LogP contribution in [0.5, 0.6) is 0 Å². The number of thiocarbonyl (C=S) groups is 1. The quantitative estimate of drug-likeness (QED) is 0.307. The summed E-state index contributed by atoms with van der Waals surface area (Å²) in [6, 6.07) is 9.91. The van der Waals surface area contributed by atoms with Gasteiger partial charge in [-0.25, -0.2) is 0 Å². The topological polar surface area (TPSA) is 54.3 Å². The standard InChI is InChI=1S/C23H22BrN3O2S3/c1-14(2)11-27-22(29)20(32-23(27)30)8-15-12-26(19-6-5-16(24)9-18(15)19)13-21(28)25-10-17-4-3-7-31-17/h3-9,12,14H,10-11,13H2,1-2H3,(H,25,28)/b20-8-. The zero-order valence-corrected chi connectivity index (χ0v) is 21.7. The van der Waals surface area contributed by atoms with E-state index in [9.17, 15) is 9.59 Å². The minimum absolute atomic E-state index is 0.0571. The molecule has 32 heavy (non-hydrogen) atoms. The van der Waals surface area contributed by atoms with Gasteiger partial charge in [-0.3, -0.25) is 14.5 Å². The van der Waals surface area contributed by atoms with Crippen molar-refractivity contribution >= 4 is 84.4 Å². The lowest BCUT2D eigenvalue weighted by atomic mass is 10.1. The Bertz CT molecular complexity index is 1210. The van der Waals surface area contributed by atoms with Gasteiger partial charge in [-0.05, 0) is 41.6 Å². The smallest absolute Gasteiger partial charge is 0.266 e. The highest BCUT2D eigenvalue weighted by atomic mass is 79.9. The maximum Gasteiger partial charge on any atom is 0.266 e. The van der Waals surface area contributed by atoms with Crippen molar-refractivity contribution in [1.82, 2.24) is 14.8 Å². The van der Waals surface area contributed by atoms with Gasteiger partial charge in [-0.15, -0.1) is 11.3 Å². The fourth-order valence-electron chi connectivity index (χ4n) is 3.52. The van der Waals surface area contributed by atoms with E-state index in [2.05, 4.69) is 35.1 Å². The van der Waals surface area contributed by atoms with Crippen LogP contribution < -0.4 is 5.32 Å². The predicted molar refractivity (Wildman–Crippen MR) is 141 cm³/mol. The number of aromatic nitrogens is 1. The molecular formula is C23H22BrN3O2S3. The van der Waals surface area contributed by atoms with Crippen LogP contribution in [0.3, 0.4) is 0 Å². The third-order valence-electron chi connectivity index (χ3n) is 4.94. The Labute approximate surface area is 209 Å². The number of carbonyl (C=O) groups is 2. The molecule has 1 aromatic carbocycles. The molecule has 4 rings (SSSR count). The average Bonchev–Trinajstić information content (AvgIpc) is 3.43. The molecule has 3 aromatic rings. The second-order valence-electron chi connectivity index (χ2n) is 7.92. The van der Waals surface area contributed by atoms with Crippen LogP contribution in [0.4, 0.5) is 0 Å². The Morgan fingerprint density at radius 2 is 2.12 bits per heavy atom. The summed E-state index contributed by atoms with van der Waals surface area (Å²) in [6.07, 6.45) is 3.81. The minimum atomic E-state index is -0.0620. The number of amides is 2. The Morgan fingerprint density at radius 1 is 1.31 bits per heavy atom. The highest BCUT2D eigenvalue weighted by Gasteiger charge is 2.32. The summed E-state index contributed by atoms with van der Waals surface area (Å²) in [4.78, 5) is 28.9. The summed E-state index contributed by atoms with van der Waals surface area (Å²) >= 11 is 11.9. The van der Waals surface area contributed by atoms with Gasteiger partial charge in [-0.2, -0.15) is 0 Å². The van der Waals surface area contributed by atoms with E-state index in [0.717, 1.165) is 25.8 Å². The van der Waals surface area contributed by atoms with Gasteiger partial charge < -0.3 is 9.88 Å². The molecule has 1 N–H and O–H groups in total. The number of thioether (sulfide) groups is 1. The van der Waals surface area contributed by atoms with Crippen molar-refractivity contribution in [2.24, 2.45) is 5.92 Å². The molecule has 3 heterocycles. The van der Waals surface area contributed by atoms with E-state index in [1.165, 1.54) is 11.8 Å². The number of carbonyl (C=O) groups excluding carboxylic acids is 2. The molecule has 9 heteroatoms. The number of benzene rings is 1. The van der Waals surface area contributed by atoms with Crippen molar-refractivity contribution in [1.29, 1.82) is 0 Å². The van der Waals surface area contributed by atoms with Gasteiger partial charge in [0.1, 0.15) is 10.9 Å². The Morgan fingerprint density at radius 3 is 2.84 bits per heavy atom. The van der Waals surface area contributed by atoms with Crippen LogP contribution in [0.15, 0.2) is 51.3 Å². The number of fused-ring (bicyclic) bond motifs is 1. The van der Waals surface area contributed by atoms with Crippen molar-refractivity contribution in [3.05, 3.63) is 61.7 Å². The molecule has 1 fully saturated rings. The van der Waals surface area contributed by atoms with Crippen molar-refractivity contribution in [3.8, 4) is 0 Å². The fourth-order valence-corrected chi connectivity index (χ4v) is 5.79. The van der Waals surface area contributed by atoms with E-state index in [0.29, 0.717) is 28.2 Å². The number of nitrogens with zero attached hydrogens (tertiary/aromatic N) is 2. The Balaban J connectivity index is 1.60. The van der Waals surface area contributed by atoms with Gasteiger partial charge in [0.05, 0.1) is 11.4 Å². The molecular weight excluding hydrogens is 526 g/mol. The molecule has 0 unspecified atom stereocenters. The van der Waals surface area contributed by atoms with Crippen LogP contribution in [0, 0.1) is 5.92 Å². The minimum Gasteiger partial charge on any atom is -0.350 e. The molecule has 0 radical (unpaired) electrons. The predicted octanol–water partition coefficient (Wildman–Crippen LogP) is 5.64. The van der Waals surface area contributed by atoms with Gasteiger partial charge in [0, 0.05) is 38.6 Å². The second kappa shape index (κ2) is 9.91. The van der Waals surface area contributed by atoms with E-state index >= 15 is 0 Å². The van der Waals surface area contributed by atoms with E-state index in [-0.39, 0.29) is 18.4 Å². The van der Waals surface area contributed by atoms with Crippen LogP contribution in [0.1, 0.15) is 24.3 Å². The lowest BCUT2D eigenvalue weighted by Crippen LogP contribution is -2.31. The zero-order chi connectivity index (χ0) is 22.8. The van der Waals surface area contributed by atoms with E-state index in [1.807, 2.05) is 52.6 Å². The van der Waals surface area contributed by atoms with Crippen molar-refractivity contribution in [2.45, 2.75) is 26.9 Å². The van der Waals surface area contributed by atoms with E-state index in [1.54, 1.807) is 16.2 Å². The third-order valence-corrected chi connectivity index (χ3v) is 7.68. The fraction of sp³-hybridized carbons (Fsp3) is 0.261. The van der Waals surface area contributed by atoms with Crippen LogP contribution in [-0.4, -0.2) is 32.1 Å². The summed E-state index contributed by atoms with van der Waals surface area (Å²) in [5, 5.41) is 5.94. The molecule has 0 aliphatic carbocycles. The molecule has 1 saturated heterocycles. The van der Waals surface area contributed by atoms with Gasteiger partial charge in [0.15, 0.2) is 0 Å². The van der Waals surface area contributed by atoms with Crippen LogP contribution in [-0.2, 0) is 22.7 Å². The first-order valence-corrected chi connectivity index (χ1v) is 13.0. The molecule has 166 valence electrons. The normalized spacial score (nSPS) is 15.5. The average molecular weight is 549 g/mol. The summed E-state index contributed by atoms with van der Waals surface area (Å²) in [6.45, 7) is 5.46. The molecule has 0 atom stereocenters. The summed E-state index contributed by atoms with van der Waals surface area (Å²) in [5.74, 6) is 0.216. The molecule has 5 nitrogen and oxygen atoms in total. The second-order valence-corrected chi connectivity index (χ2v) is 11.5. The van der Waals surface area contributed by atoms with Crippen molar-refractivity contribution in [2.75, 3.05) is 6.54 Å². The van der Waals surface area contributed by atoms with Crippen LogP contribution in [0.25, 0.3) is 17.0 Å². The first-order valence-electron chi connectivity index (χ1n) is 10.1. The monoisotopic (exact) mass is 547 g/mol. The number of halogens is 1. The van der Waals surface area contributed by atoms with Gasteiger partial charge in [0.2, 0.25) is 5.91 Å². The van der Waals surface area contributed by atoms with Crippen LogP contribution >= 0.6 is 51.2 Å². The van der Waals surface area contributed by atoms with Gasteiger partial charge in [0.25, 0.3) is 5.91 Å². The maximum atomic E-state index is 12.9. The van der Waals surface area contributed by atoms with E-state index < -0.39 is 0 Å². The molecule has 0 saturated carbocycles. The van der Waals surface area contributed by atoms with Gasteiger partial charge >= 0.3 is 0 Å². The van der Waals surface area contributed by atoms with Crippen molar-refractivity contribution < 1.29 is 9.59 Å². The lowest BCUT2D eigenvalue weighted by Gasteiger charge is -2.16. The SMILES string of the molecule is CC(C)CN1C(=O)/C(=C/c2cn(CC(=O)NCc3cccs3)c3ccc(Br)cc23)SC1=S. The molecule has 0 spiro atoms. The first kappa shape index (κ1) is 23.2. The van der Waals surface area contributed by atoms with E-state index in [4.69, 9.17) is 12.2 Å². The molecule has 2 aromatic heterocycles. The summed E-state index contributed by atoms with van der Waals surface area (Å²) < 4.78 is 3.45. The van der Waals surface area contributed by atoms with Crippen LogP contribution in [0.2, 0.25) is 0 Å². The zero-order valence-electron chi connectivity index (χ0n) is 17.6. The number of thiophene rings is 1. The Hall–Kier alpha value is -1.94. The van der Waals surface area contributed by atoms with Crippen molar-refractivity contribution in [3.63, 3.8) is 0 Å². The number of hydrogen-bond donors (Lipinski definition) is 1. The number of hydrogen-bond acceptors (Lipinski definition) is 5. The summed E-state index contributed by atoms with van der Waals surface area (Å²) in [7, 11) is 0. The highest BCUT2D eigenvalue weighted by Crippen LogP contribution is 2.35. The maximum absolute atomic E-state index is 12.9. The highest BCUT2D eigenvalue weighted by molar-refractivity contribution is 9.10. The third kappa shape index (κ3) is 5.17. The molecule has 1 aliphatic heterocycles. The Kier molecular flexibility index (Phi) is 7.19. The molecule has 1 aliphatic rings.